The Morgan fingerprint density at radius 2 is 2.20 bits per heavy atom. The first-order valence-corrected chi connectivity index (χ1v) is 6.62. The summed E-state index contributed by atoms with van der Waals surface area (Å²) in [4.78, 5) is 4.24. The third-order valence-electron chi connectivity index (χ3n) is 3.29. The fraction of sp³-hybridized carbons (Fsp3) is 0.833. The van der Waals surface area contributed by atoms with Gasteiger partial charge in [-0.15, -0.1) is 0 Å². The normalized spacial score (nSPS) is 24.0. The second kappa shape index (κ2) is 6.09. The molecule has 1 N–H and O–H groups in total. The highest BCUT2D eigenvalue weighted by Crippen LogP contribution is 2.28. The Morgan fingerprint density at radius 1 is 1.40 bits per heavy atom. The van der Waals surface area contributed by atoms with E-state index in [4.69, 9.17) is 4.52 Å². The van der Waals surface area contributed by atoms with E-state index in [0.717, 1.165) is 25.8 Å². The van der Waals surface area contributed by atoms with E-state index in [1.165, 1.54) is 0 Å². The Kier molecular flexibility index (Phi) is 4.64. The second-order valence-corrected chi connectivity index (χ2v) is 5.15. The summed E-state index contributed by atoms with van der Waals surface area (Å²) in [6.07, 6.45) is -1.01. The standard InChI is InChI=1S/C12H18F3N3O2/c1-11(5-2-3-6-16-11)10-17-9(18-20-10)4-7-19-8-12(13,14)15/h16H,2-8H2,1H3. The predicted molar refractivity (Wildman–Crippen MR) is 64.1 cm³/mol. The zero-order valence-corrected chi connectivity index (χ0v) is 11.3. The fourth-order valence-electron chi connectivity index (χ4n) is 2.17. The van der Waals surface area contributed by atoms with Crippen LogP contribution >= 0.6 is 0 Å². The Labute approximate surface area is 114 Å². The minimum Gasteiger partial charge on any atom is -0.372 e. The molecule has 0 aromatic carbocycles. The van der Waals surface area contributed by atoms with Gasteiger partial charge in [-0.1, -0.05) is 5.16 Å². The van der Waals surface area contributed by atoms with Crippen molar-refractivity contribution in [3.8, 4) is 0 Å². The summed E-state index contributed by atoms with van der Waals surface area (Å²) < 4.78 is 45.4. The van der Waals surface area contributed by atoms with Gasteiger partial charge in [0.25, 0.3) is 0 Å². The molecule has 114 valence electrons. The molecule has 1 fully saturated rings. The van der Waals surface area contributed by atoms with E-state index < -0.39 is 12.8 Å². The smallest absolute Gasteiger partial charge is 0.372 e. The molecule has 1 aromatic heterocycles. The largest absolute Gasteiger partial charge is 0.411 e. The van der Waals surface area contributed by atoms with E-state index in [2.05, 4.69) is 20.2 Å². The Bertz CT molecular complexity index is 428. The summed E-state index contributed by atoms with van der Waals surface area (Å²) in [6, 6.07) is 0. The maximum atomic E-state index is 11.9. The molecule has 1 atom stereocenters. The van der Waals surface area contributed by atoms with Crippen molar-refractivity contribution >= 4 is 0 Å². The third-order valence-corrected chi connectivity index (χ3v) is 3.29. The third kappa shape index (κ3) is 4.17. The summed E-state index contributed by atoms with van der Waals surface area (Å²) in [5.41, 5.74) is -0.337. The molecule has 1 aliphatic rings. The summed E-state index contributed by atoms with van der Waals surface area (Å²) >= 11 is 0. The van der Waals surface area contributed by atoms with Gasteiger partial charge in [-0.25, -0.2) is 0 Å². The van der Waals surface area contributed by atoms with Crippen molar-refractivity contribution in [1.29, 1.82) is 0 Å². The summed E-state index contributed by atoms with van der Waals surface area (Å²) in [5, 5.41) is 7.12. The summed E-state index contributed by atoms with van der Waals surface area (Å²) in [6.45, 7) is 1.55. The highest BCUT2D eigenvalue weighted by atomic mass is 19.4. The van der Waals surface area contributed by atoms with Crippen molar-refractivity contribution in [3.05, 3.63) is 11.7 Å². The van der Waals surface area contributed by atoms with Crippen LogP contribution in [0.1, 0.15) is 37.9 Å². The molecule has 0 amide bonds. The molecule has 8 heteroatoms. The van der Waals surface area contributed by atoms with Crippen LogP contribution in [0, 0.1) is 0 Å². The van der Waals surface area contributed by atoms with Crippen molar-refractivity contribution in [3.63, 3.8) is 0 Å². The van der Waals surface area contributed by atoms with Crippen molar-refractivity contribution < 1.29 is 22.4 Å². The Morgan fingerprint density at radius 3 is 2.85 bits per heavy atom. The van der Waals surface area contributed by atoms with E-state index in [9.17, 15) is 13.2 Å². The zero-order valence-electron chi connectivity index (χ0n) is 11.3. The molecule has 0 aliphatic carbocycles. The monoisotopic (exact) mass is 293 g/mol. The molecule has 2 heterocycles. The van der Waals surface area contributed by atoms with Crippen LogP contribution in [0.2, 0.25) is 0 Å². The van der Waals surface area contributed by atoms with Crippen LogP contribution in [0.25, 0.3) is 0 Å². The Balaban J connectivity index is 1.83. The average molecular weight is 293 g/mol. The van der Waals surface area contributed by atoms with Crippen molar-refractivity contribution in [2.45, 2.75) is 44.3 Å². The number of aromatic nitrogens is 2. The van der Waals surface area contributed by atoms with Crippen molar-refractivity contribution in [2.24, 2.45) is 0 Å². The van der Waals surface area contributed by atoms with E-state index in [1.54, 1.807) is 0 Å². The number of alkyl halides is 3. The molecule has 20 heavy (non-hydrogen) atoms. The summed E-state index contributed by atoms with van der Waals surface area (Å²) in [5.74, 6) is 0.860. The zero-order chi connectivity index (χ0) is 14.6. The first kappa shape index (κ1) is 15.2. The first-order chi connectivity index (χ1) is 9.39. The molecular weight excluding hydrogens is 275 g/mol. The van der Waals surface area contributed by atoms with Gasteiger partial charge >= 0.3 is 6.18 Å². The van der Waals surface area contributed by atoms with E-state index >= 15 is 0 Å². The average Bonchev–Trinajstić information content (AvgIpc) is 2.84. The van der Waals surface area contributed by atoms with Crippen LogP contribution in [-0.4, -0.2) is 36.1 Å². The van der Waals surface area contributed by atoms with Crippen molar-refractivity contribution in [2.75, 3.05) is 19.8 Å². The SMILES string of the molecule is CC1(c2nc(CCOCC(F)(F)F)no2)CCCCN1. The van der Waals surface area contributed by atoms with E-state index in [-0.39, 0.29) is 18.6 Å². The molecule has 1 aromatic rings. The minimum atomic E-state index is -4.30. The number of ether oxygens (including phenoxy) is 1. The van der Waals surface area contributed by atoms with Crippen LogP contribution in [0.4, 0.5) is 13.2 Å². The van der Waals surface area contributed by atoms with E-state index in [1.807, 2.05) is 6.92 Å². The fourth-order valence-corrected chi connectivity index (χ4v) is 2.17. The first-order valence-electron chi connectivity index (χ1n) is 6.62. The molecule has 0 radical (unpaired) electrons. The number of nitrogens with one attached hydrogen (secondary N) is 1. The lowest BCUT2D eigenvalue weighted by Gasteiger charge is -2.31. The number of hydrogen-bond donors (Lipinski definition) is 1. The number of rotatable bonds is 5. The van der Waals surface area contributed by atoms with Gasteiger partial charge in [0.15, 0.2) is 5.82 Å². The number of hydrogen-bond acceptors (Lipinski definition) is 5. The van der Waals surface area contributed by atoms with Crippen LogP contribution < -0.4 is 5.32 Å². The lowest BCUT2D eigenvalue weighted by molar-refractivity contribution is -0.173. The predicted octanol–water partition coefficient (Wildman–Crippen LogP) is 2.18. The number of halogens is 3. The van der Waals surface area contributed by atoms with Crippen LogP contribution in [0.15, 0.2) is 4.52 Å². The van der Waals surface area contributed by atoms with Gasteiger partial charge < -0.3 is 14.6 Å². The lowest BCUT2D eigenvalue weighted by Crippen LogP contribution is -2.43. The van der Waals surface area contributed by atoms with Crippen molar-refractivity contribution in [1.82, 2.24) is 15.5 Å². The molecular formula is C12H18F3N3O2. The topological polar surface area (TPSA) is 60.2 Å². The van der Waals surface area contributed by atoms with Gasteiger partial charge in [-0.05, 0) is 32.7 Å². The molecule has 1 saturated heterocycles. The van der Waals surface area contributed by atoms with Gasteiger partial charge in [0, 0.05) is 6.42 Å². The highest BCUT2D eigenvalue weighted by molar-refractivity contribution is 5.03. The van der Waals surface area contributed by atoms with Crippen LogP contribution in [0.5, 0.6) is 0 Å². The molecule has 5 nitrogen and oxygen atoms in total. The van der Waals surface area contributed by atoms with Gasteiger partial charge in [0.05, 0.1) is 12.1 Å². The molecule has 1 aliphatic heterocycles. The van der Waals surface area contributed by atoms with Crippen LogP contribution in [-0.2, 0) is 16.7 Å². The Hall–Kier alpha value is -1.15. The quantitative estimate of drug-likeness (QED) is 0.843. The van der Waals surface area contributed by atoms with Gasteiger partial charge in [-0.3, -0.25) is 0 Å². The molecule has 0 saturated carbocycles. The number of piperidine rings is 1. The van der Waals surface area contributed by atoms with Crippen LogP contribution in [0.3, 0.4) is 0 Å². The molecule has 0 bridgehead atoms. The van der Waals surface area contributed by atoms with Gasteiger partial charge in [0.2, 0.25) is 5.89 Å². The van der Waals surface area contributed by atoms with E-state index in [0.29, 0.717) is 11.7 Å². The molecule has 1 unspecified atom stereocenters. The van der Waals surface area contributed by atoms with Gasteiger partial charge in [0.1, 0.15) is 6.61 Å². The lowest BCUT2D eigenvalue weighted by atomic mass is 9.91. The number of nitrogens with zero attached hydrogens (tertiary/aromatic N) is 2. The minimum absolute atomic E-state index is 0.0807. The molecule has 2 rings (SSSR count). The second-order valence-electron chi connectivity index (χ2n) is 5.15. The maximum Gasteiger partial charge on any atom is 0.411 e. The highest BCUT2D eigenvalue weighted by Gasteiger charge is 2.34. The maximum absolute atomic E-state index is 11.9. The summed E-state index contributed by atoms with van der Waals surface area (Å²) in [7, 11) is 0. The van der Waals surface area contributed by atoms with Gasteiger partial charge in [-0.2, -0.15) is 18.2 Å². The molecule has 0 spiro atoms.